The van der Waals surface area contributed by atoms with Crippen LogP contribution >= 0.6 is 0 Å². The van der Waals surface area contributed by atoms with Crippen molar-refractivity contribution < 1.29 is 5.11 Å². The molecule has 1 heterocycles. The van der Waals surface area contributed by atoms with E-state index in [4.69, 9.17) is 5.11 Å². The summed E-state index contributed by atoms with van der Waals surface area (Å²) in [6, 6.07) is 0.375. The van der Waals surface area contributed by atoms with E-state index in [1.807, 2.05) is 0 Å². The van der Waals surface area contributed by atoms with Gasteiger partial charge in [0.2, 0.25) is 0 Å². The van der Waals surface area contributed by atoms with Gasteiger partial charge in [-0.2, -0.15) is 0 Å². The van der Waals surface area contributed by atoms with Gasteiger partial charge in [-0.15, -0.1) is 0 Å². The van der Waals surface area contributed by atoms with Crippen molar-refractivity contribution in [3.8, 4) is 0 Å². The van der Waals surface area contributed by atoms with Crippen molar-refractivity contribution in [2.75, 3.05) is 6.61 Å². The average molecular weight is 182 g/mol. The maximum atomic E-state index is 11.6. The summed E-state index contributed by atoms with van der Waals surface area (Å²) >= 11 is 0. The quantitative estimate of drug-likeness (QED) is 0.712. The maximum Gasteiger partial charge on any atom is 0.269 e. The van der Waals surface area contributed by atoms with Gasteiger partial charge in [0.05, 0.1) is 6.04 Å². The van der Waals surface area contributed by atoms with E-state index in [9.17, 15) is 4.79 Å². The van der Waals surface area contributed by atoms with Gasteiger partial charge >= 0.3 is 0 Å². The summed E-state index contributed by atoms with van der Waals surface area (Å²) in [5, 5.41) is 11.7. The fourth-order valence-electron chi connectivity index (χ4n) is 1.64. The Balaban J connectivity index is 2.22. The van der Waals surface area contributed by atoms with Gasteiger partial charge < -0.3 is 10.2 Å². The van der Waals surface area contributed by atoms with E-state index in [-0.39, 0.29) is 12.2 Å². The Morgan fingerprint density at radius 1 is 1.62 bits per heavy atom. The third-order valence-electron chi connectivity index (χ3n) is 2.69. The van der Waals surface area contributed by atoms with Crippen molar-refractivity contribution in [3.05, 3.63) is 22.1 Å². The van der Waals surface area contributed by atoms with Crippen LogP contribution < -0.4 is 5.56 Å². The Kier molecular flexibility index (Phi) is 2.22. The Morgan fingerprint density at radius 2 is 2.38 bits per heavy atom. The first kappa shape index (κ1) is 8.56. The minimum absolute atomic E-state index is 0.0394. The highest BCUT2D eigenvalue weighted by Crippen LogP contribution is 2.29. The fourth-order valence-corrected chi connectivity index (χ4v) is 1.64. The molecule has 0 bridgehead atoms. The van der Waals surface area contributed by atoms with Gasteiger partial charge in [0.25, 0.3) is 5.56 Å². The third kappa shape index (κ3) is 1.42. The number of H-pyrrole nitrogens is 1. The van der Waals surface area contributed by atoms with Crippen LogP contribution in [0.2, 0.25) is 0 Å². The molecule has 0 saturated heterocycles. The minimum atomic E-state index is 0.0394. The van der Waals surface area contributed by atoms with E-state index in [1.165, 1.54) is 6.42 Å². The second-order valence-corrected chi connectivity index (χ2v) is 3.53. The molecule has 0 aliphatic heterocycles. The van der Waals surface area contributed by atoms with Crippen molar-refractivity contribution in [1.82, 2.24) is 9.78 Å². The van der Waals surface area contributed by atoms with Crippen LogP contribution in [-0.4, -0.2) is 21.5 Å². The third-order valence-corrected chi connectivity index (χ3v) is 2.69. The number of hydrogen-bond donors (Lipinski definition) is 2. The van der Waals surface area contributed by atoms with E-state index in [2.05, 4.69) is 5.10 Å². The van der Waals surface area contributed by atoms with Crippen LogP contribution in [0.15, 0.2) is 11.0 Å². The number of aromatic nitrogens is 2. The summed E-state index contributed by atoms with van der Waals surface area (Å²) < 4.78 is 1.69. The Labute approximate surface area is 76.2 Å². The van der Waals surface area contributed by atoms with E-state index < -0.39 is 0 Å². The summed E-state index contributed by atoms with van der Waals surface area (Å²) in [6.07, 6.45) is 5.56. The maximum absolute atomic E-state index is 11.6. The second kappa shape index (κ2) is 3.38. The molecule has 2 rings (SSSR count). The molecule has 2 N–H and O–H groups in total. The summed E-state index contributed by atoms with van der Waals surface area (Å²) in [4.78, 5) is 11.6. The number of nitrogens with zero attached hydrogens (tertiary/aromatic N) is 1. The van der Waals surface area contributed by atoms with Crippen LogP contribution in [0.25, 0.3) is 0 Å². The summed E-state index contributed by atoms with van der Waals surface area (Å²) in [6.45, 7) is 0.0394. The van der Waals surface area contributed by atoms with Crippen LogP contribution in [0.3, 0.4) is 0 Å². The van der Waals surface area contributed by atoms with E-state index >= 15 is 0 Å². The number of rotatable bonds is 3. The second-order valence-electron chi connectivity index (χ2n) is 3.53. The molecule has 0 amide bonds. The van der Waals surface area contributed by atoms with Crippen LogP contribution in [0.4, 0.5) is 0 Å². The lowest BCUT2D eigenvalue weighted by Crippen LogP contribution is -2.28. The molecule has 72 valence electrons. The first-order valence-electron chi connectivity index (χ1n) is 4.72. The number of aliphatic hydroxyl groups excluding tert-OH is 1. The predicted octanol–water partition coefficient (Wildman–Crippen LogP) is 0.436. The molecule has 1 aromatic rings. The van der Waals surface area contributed by atoms with Crippen LogP contribution in [-0.2, 0) is 6.42 Å². The molecule has 4 nitrogen and oxygen atoms in total. The predicted molar refractivity (Wildman–Crippen MR) is 48.7 cm³/mol. The van der Waals surface area contributed by atoms with Gasteiger partial charge in [0.15, 0.2) is 0 Å². The van der Waals surface area contributed by atoms with E-state index in [0.29, 0.717) is 18.0 Å². The Bertz CT molecular complexity index is 336. The number of aliphatic hydroxyl groups is 1. The number of aromatic amines is 1. The zero-order valence-electron chi connectivity index (χ0n) is 7.49. The summed E-state index contributed by atoms with van der Waals surface area (Å²) in [5.41, 5.74) is 0.730. The molecule has 1 aliphatic rings. The molecule has 0 spiro atoms. The zero-order valence-corrected chi connectivity index (χ0v) is 7.49. The lowest BCUT2D eigenvalue weighted by Gasteiger charge is -2.25. The van der Waals surface area contributed by atoms with E-state index in [1.54, 1.807) is 10.9 Å². The molecule has 0 unspecified atom stereocenters. The molecular weight excluding hydrogens is 168 g/mol. The zero-order chi connectivity index (χ0) is 9.26. The molecule has 0 radical (unpaired) electrons. The van der Waals surface area contributed by atoms with Crippen LogP contribution in [0.1, 0.15) is 30.9 Å². The largest absolute Gasteiger partial charge is 0.396 e. The normalized spacial score (nSPS) is 17.3. The molecule has 1 aliphatic carbocycles. The van der Waals surface area contributed by atoms with Crippen LogP contribution in [0, 0.1) is 0 Å². The molecule has 1 aromatic heterocycles. The lowest BCUT2D eigenvalue weighted by molar-refractivity contribution is 0.281. The topological polar surface area (TPSA) is 58.0 Å². The van der Waals surface area contributed by atoms with E-state index in [0.717, 1.165) is 12.8 Å². The Morgan fingerprint density at radius 3 is 2.92 bits per heavy atom. The lowest BCUT2D eigenvalue weighted by atomic mass is 9.93. The standard InChI is InChI=1S/C9H14N2O2/c12-5-4-7-6-10-11(9(7)13)8-2-1-3-8/h6,8,10,12H,1-5H2. The molecule has 1 fully saturated rings. The van der Waals surface area contributed by atoms with Crippen molar-refractivity contribution >= 4 is 0 Å². The van der Waals surface area contributed by atoms with Gasteiger partial charge in [0.1, 0.15) is 0 Å². The summed E-state index contributed by atoms with van der Waals surface area (Å²) in [5.74, 6) is 0. The van der Waals surface area contributed by atoms with Gasteiger partial charge in [-0.3, -0.25) is 4.79 Å². The first-order valence-corrected chi connectivity index (χ1v) is 4.72. The van der Waals surface area contributed by atoms with Gasteiger partial charge in [-0.05, 0) is 19.3 Å². The highest BCUT2D eigenvalue weighted by atomic mass is 16.3. The van der Waals surface area contributed by atoms with Crippen molar-refractivity contribution in [3.63, 3.8) is 0 Å². The van der Waals surface area contributed by atoms with Crippen molar-refractivity contribution in [2.45, 2.75) is 31.7 Å². The first-order chi connectivity index (χ1) is 6.33. The SMILES string of the molecule is O=c1c(CCO)c[nH]n1C1CCC1. The highest BCUT2D eigenvalue weighted by molar-refractivity contribution is 5.05. The monoisotopic (exact) mass is 182 g/mol. The molecule has 1 saturated carbocycles. The molecule has 4 heteroatoms. The Hall–Kier alpha value is -1.03. The van der Waals surface area contributed by atoms with Gasteiger partial charge in [-0.25, -0.2) is 4.68 Å². The molecular formula is C9H14N2O2. The summed E-state index contributed by atoms with van der Waals surface area (Å²) in [7, 11) is 0. The van der Waals surface area contributed by atoms with Crippen LogP contribution in [0.5, 0.6) is 0 Å². The molecule has 0 atom stereocenters. The van der Waals surface area contributed by atoms with Crippen molar-refractivity contribution in [1.29, 1.82) is 0 Å². The molecule has 13 heavy (non-hydrogen) atoms. The average Bonchev–Trinajstić information content (AvgIpc) is 2.34. The number of nitrogens with one attached hydrogen (secondary N) is 1. The van der Waals surface area contributed by atoms with Gasteiger partial charge in [0, 0.05) is 24.8 Å². The fraction of sp³-hybridized carbons (Fsp3) is 0.667. The molecule has 0 aromatic carbocycles. The minimum Gasteiger partial charge on any atom is -0.396 e. The smallest absolute Gasteiger partial charge is 0.269 e. The number of hydrogen-bond acceptors (Lipinski definition) is 2. The highest BCUT2D eigenvalue weighted by Gasteiger charge is 2.22. The van der Waals surface area contributed by atoms with Crippen molar-refractivity contribution in [2.24, 2.45) is 0 Å². The van der Waals surface area contributed by atoms with Gasteiger partial charge in [-0.1, -0.05) is 0 Å².